The van der Waals surface area contributed by atoms with Gasteiger partial charge in [-0.3, -0.25) is 4.21 Å². The van der Waals surface area contributed by atoms with Crippen molar-refractivity contribution in [1.29, 1.82) is 0 Å². The number of rotatable bonds is 5. The molecule has 5 heteroatoms. The average Bonchev–Trinajstić information content (AvgIpc) is 2.15. The van der Waals surface area contributed by atoms with E-state index in [-0.39, 0.29) is 6.04 Å². The van der Waals surface area contributed by atoms with Crippen molar-refractivity contribution in [2.45, 2.75) is 19.9 Å². The van der Waals surface area contributed by atoms with Gasteiger partial charge in [0.1, 0.15) is 0 Å². The maximum absolute atomic E-state index is 11.0. The third kappa shape index (κ3) is 4.19. The predicted octanol–water partition coefficient (Wildman–Crippen LogP) is 1.87. The number of carbonyl (C=O) groups is 1. The number of carboxylic acid groups (broad SMARTS) is 1. The van der Waals surface area contributed by atoms with Crippen LogP contribution in [0.25, 0.3) is 0 Å². The molecular formula is C12H17NO3S. The largest absolute Gasteiger partial charge is 0.478 e. The van der Waals surface area contributed by atoms with Gasteiger partial charge >= 0.3 is 5.97 Å². The molecule has 0 aliphatic carbocycles. The van der Waals surface area contributed by atoms with E-state index >= 15 is 0 Å². The molecule has 0 aromatic heterocycles. The maximum Gasteiger partial charge on any atom is 0.335 e. The fraction of sp³-hybridized carbons (Fsp3) is 0.417. The number of aryl methyl sites for hydroxylation is 1. The summed E-state index contributed by atoms with van der Waals surface area (Å²) < 4.78 is 11.0. The van der Waals surface area contributed by atoms with Crippen LogP contribution in [-0.4, -0.2) is 33.3 Å². The van der Waals surface area contributed by atoms with Crippen molar-refractivity contribution in [3.05, 3.63) is 29.3 Å². The Morgan fingerprint density at radius 3 is 2.65 bits per heavy atom. The van der Waals surface area contributed by atoms with Gasteiger partial charge < -0.3 is 10.4 Å². The lowest BCUT2D eigenvalue weighted by molar-refractivity contribution is 0.0696. The third-order valence-corrected chi connectivity index (χ3v) is 3.32. The van der Waals surface area contributed by atoms with Gasteiger partial charge in [0.25, 0.3) is 0 Å². The molecule has 0 spiro atoms. The minimum absolute atomic E-state index is 0.0934. The summed E-state index contributed by atoms with van der Waals surface area (Å²) in [5.41, 5.74) is 1.88. The molecule has 17 heavy (non-hydrogen) atoms. The van der Waals surface area contributed by atoms with Gasteiger partial charge in [0, 0.05) is 34.5 Å². The van der Waals surface area contributed by atoms with Crippen molar-refractivity contribution in [3.8, 4) is 0 Å². The molecule has 4 nitrogen and oxygen atoms in total. The summed E-state index contributed by atoms with van der Waals surface area (Å²) in [7, 11) is -0.843. The highest BCUT2D eigenvalue weighted by atomic mass is 32.2. The smallest absolute Gasteiger partial charge is 0.335 e. The van der Waals surface area contributed by atoms with Crippen molar-refractivity contribution in [3.63, 3.8) is 0 Å². The van der Waals surface area contributed by atoms with Gasteiger partial charge in [-0.15, -0.1) is 0 Å². The van der Waals surface area contributed by atoms with Crippen molar-refractivity contribution >= 4 is 22.5 Å². The summed E-state index contributed by atoms with van der Waals surface area (Å²) in [5, 5.41) is 12.1. The van der Waals surface area contributed by atoms with E-state index in [9.17, 15) is 9.00 Å². The molecule has 0 amide bonds. The molecule has 0 radical (unpaired) electrons. The highest BCUT2D eigenvalue weighted by Gasteiger charge is 2.09. The molecule has 2 atom stereocenters. The summed E-state index contributed by atoms with van der Waals surface area (Å²) in [6.45, 7) is 3.71. The van der Waals surface area contributed by atoms with E-state index in [0.717, 1.165) is 5.69 Å². The van der Waals surface area contributed by atoms with E-state index < -0.39 is 16.8 Å². The van der Waals surface area contributed by atoms with Gasteiger partial charge in [-0.25, -0.2) is 4.79 Å². The summed E-state index contributed by atoms with van der Waals surface area (Å²) in [4.78, 5) is 10.8. The predicted molar refractivity (Wildman–Crippen MR) is 70.2 cm³/mol. The van der Waals surface area contributed by atoms with Crippen LogP contribution in [0.1, 0.15) is 22.8 Å². The average molecular weight is 255 g/mol. The van der Waals surface area contributed by atoms with Crippen LogP contribution in [0, 0.1) is 6.92 Å². The quantitative estimate of drug-likeness (QED) is 0.843. The molecule has 0 bridgehead atoms. The lowest BCUT2D eigenvalue weighted by Crippen LogP contribution is -2.22. The molecule has 1 aromatic rings. The maximum atomic E-state index is 11.0. The minimum Gasteiger partial charge on any atom is -0.478 e. The van der Waals surface area contributed by atoms with Crippen LogP contribution in [0.5, 0.6) is 0 Å². The second-order valence-corrected chi connectivity index (χ2v) is 5.60. The zero-order chi connectivity index (χ0) is 13.0. The van der Waals surface area contributed by atoms with Crippen molar-refractivity contribution in [1.82, 2.24) is 0 Å². The second kappa shape index (κ2) is 5.82. The molecule has 1 rings (SSSR count). The molecule has 0 aliphatic rings. The van der Waals surface area contributed by atoms with Gasteiger partial charge in [-0.05, 0) is 37.6 Å². The molecule has 2 unspecified atom stereocenters. The normalized spacial score (nSPS) is 14.1. The van der Waals surface area contributed by atoms with Gasteiger partial charge in [0.05, 0.1) is 5.56 Å². The second-order valence-electron chi connectivity index (χ2n) is 4.12. The molecule has 0 heterocycles. The lowest BCUT2D eigenvalue weighted by Gasteiger charge is -2.14. The van der Waals surface area contributed by atoms with Crippen molar-refractivity contribution < 1.29 is 14.1 Å². The monoisotopic (exact) mass is 255 g/mol. The van der Waals surface area contributed by atoms with E-state index in [1.54, 1.807) is 31.4 Å². The third-order valence-electron chi connectivity index (χ3n) is 2.35. The van der Waals surface area contributed by atoms with Gasteiger partial charge in [0.15, 0.2) is 0 Å². The molecule has 1 aromatic carbocycles. The Hall–Kier alpha value is -1.36. The van der Waals surface area contributed by atoms with Gasteiger partial charge in [-0.1, -0.05) is 0 Å². The zero-order valence-electron chi connectivity index (χ0n) is 10.2. The number of nitrogens with one attached hydrogen (secondary N) is 1. The Balaban J connectivity index is 2.77. The molecule has 0 saturated carbocycles. The zero-order valence-corrected chi connectivity index (χ0v) is 11.0. The van der Waals surface area contributed by atoms with Crippen LogP contribution < -0.4 is 5.32 Å². The number of benzene rings is 1. The van der Waals surface area contributed by atoms with E-state index in [0.29, 0.717) is 16.9 Å². The number of aromatic carboxylic acids is 1. The highest BCUT2D eigenvalue weighted by molar-refractivity contribution is 7.84. The van der Waals surface area contributed by atoms with E-state index in [1.807, 2.05) is 6.92 Å². The molecule has 0 saturated heterocycles. The SMILES string of the molecule is Cc1cc(NC(C)CS(C)=O)ccc1C(=O)O. The fourth-order valence-electron chi connectivity index (χ4n) is 1.67. The van der Waals surface area contributed by atoms with E-state index in [4.69, 9.17) is 5.11 Å². The van der Waals surface area contributed by atoms with Crippen LogP contribution >= 0.6 is 0 Å². The molecule has 0 fully saturated rings. The van der Waals surface area contributed by atoms with E-state index in [1.165, 1.54) is 0 Å². The first kappa shape index (κ1) is 13.7. The number of anilines is 1. The van der Waals surface area contributed by atoms with Crippen molar-refractivity contribution in [2.24, 2.45) is 0 Å². The van der Waals surface area contributed by atoms with Crippen LogP contribution in [-0.2, 0) is 10.8 Å². The first-order valence-electron chi connectivity index (χ1n) is 5.30. The van der Waals surface area contributed by atoms with Crippen LogP contribution in [0.4, 0.5) is 5.69 Å². The van der Waals surface area contributed by atoms with Crippen LogP contribution in [0.15, 0.2) is 18.2 Å². The molecule has 0 aliphatic heterocycles. The van der Waals surface area contributed by atoms with Crippen LogP contribution in [0.2, 0.25) is 0 Å². The Morgan fingerprint density at radius 1 is 1.53 bits per heavy atom. The Morgan fingerprint density at radius 2 is 2.18 bits per heavy atom. The van der Waals surface area contributed by atoms with Crippen molar-refractivity contribution in [2.75, 3.05) is 17.3 Å². The Bertz CT molecular complexity index is 445. The summed E-state index contributed by atoms with van der Waals surface area (Å²) in [6, 6.07) is 5.19. The minimum atomic E-state index is -0.920. The fourth-order valence-corrected chi connectivity index (χ4v) is 2.46. The Labute approximate surface area is 104 Å². The number of hydrogen-bond donors (Lipinski definition) is 2. The molecule has 2 N–H and O–H groups in total. The van der Waals surface area contributed by atoms with Gasteiger partial charge in [-0.2, -0.15) is 0 Å². The molecular weight excluding hydrogens is 238 g/mol. The Kier molecular flexibility index (Phi) is 4.69. The van der Waals surface area contributed by atoms with Crippen LogP contribution in [0.3, 0.4) is 0 Å². The lowest BCUT2D eigenvalue weighted by atomic mass is 10.1. The highest BCUT2D eigenvalue weighted by Crippen LogP contribution is 2.16. The summed E-state index contributed by atoms with van der Waals surface area (Å²) in [6.07, 6.45) is 1.66. The summed E-state index contributed by atoms with van der Waals surface area (Å²) in [5.74, 6) is -0.350. The first-order chi connectivity index (χ1) is 7.90. The first-order valence-corrected chi connectivity index (χ1v) is 7.03. The number of carboxylic acids is 1. The topological polar surface area (TPSA) is 66.4 Å². The standard InChI is InChI=1S/C12H17NO3S/c1-8-6-10(4-5-11(8)12(14)15)13-9(2)7-17(3)16/h4-6,9,13H,7H2,1-3H3,(H,14,15). The summed E-state index contributed by atoms with van der Waals surface area (Å²) >= 11 is 0. The van der Waals surface area contributed by atoms with Gasteiger partial charge in [0.2, 0.25) is 0 Å². The van der Waals surface area contributed by atoms with E-state index in [2.05, 4.69) is 5.32 Å². The number of hydrogen-bond acceptors (Lipinski definition) is 3. The molecule has 94 valence electrons.